The number of rotatable bonds is 7. The van der Waals surface area contributed by atoms with E-state index in [0.29, 0.717) is 24.3 Å². The number of ether oxygens (including phenoxy) is 2. The maximum Gasteiger partial charge on any atom is 0.0834 e. The minimum absolute atomic E-state index is 0.101. The van der Waals surface area contributed by atoms with Crippen molar-refractivity contribution in [2.45, 2.75) is 44.4 Å². The van der Waals surface area contributed by atoms with E-state index in [1.165, 1.54) is 0 Å². The zero-order valence-electron chi connectivity index (χ0n) is 11.3. The molecule has 19 heavy (non-hydrogen) atoms. The molecular weight excluding hydrogens is 266 g/mol. The van der Waals surface area contributed by atoms with Crippen LogP contribution in [0.5, 0.6) is 0 Å². The van der Waals surface area contributed by atoms with Crippen molar-refractivity contribution in [1.29, 1.82) is 0 Å². The highest BCUT2D eigenvalue weighted by atomic mass is 35.5. The van der Waals surface area contributed by atoms with Crippen molar-refractivity contribution in [3.05, 3.63) is 16.9 Å². The zero-order chi connectivity index (χ0) is 13.7. The molecule has 0 amide bonds. The molecule has 2 rings (SSSR count). The molecule has 2 heterocycles. The molecule has 0 aromatic carbocycles. The fraction of sp³-hybridized carbons (Fsp3) is 0.769. The van der Waals surface area contributed by atoms with Gasteiger partial charge >= 0.3 is 0 Å². The second kappa shape index (κ2) is 7.24. The Labute approximate surface area is 119 Å². The Balaban J connectivity index is 1.92. The van der Waals surface area contributed by atoms with Crippen molar-refractivity contribution >= 4 is 11.6 Å². The average Bonchev–Trinajstić information content (AvgIpc) is 3.03. The fourth-order valence-corrected chi connectivity index (χ4v) is 2.75. The first-order valence-corrected chi connectivity index (χ1v) is 7.17. The molecule has 0 spiro atoms. The molecule has 6 heteroatoms. The van der Waals surface area contributed by atoms with Crippen LogP contribution < -0.4 is 5.73 Å². The van der Waals surface area contributed by atoms with Gasteiger partial charge in [-0.05, 0) is 25.7 Å². The Morgan fingerprint density at radius 1 is 1.68 bits per heavy atom. The van der Waals surface area contributed by atoms with Crippen LogP contribution in [0.4, 0.5) is 0 Å². The van der Waals surface area contributed by atoms with E-state index in [4.69, 9.17) is 26.8 Å². The molecule has 1 aliphatic heterocycles. The fourth-order valence-electron chi connectivity index (χ4n) is 2.47. The topological polar surface area (TPSA) is 62.3 Å². The van der Waals surface area contributed by atoms with Crippen LogP contribution in [0.1, 0.15) is 37.4 Å². The molecule has 0 bridgehead atoms. The largest absolute Gasteiger partial charge is 0.383 e. The van der Waals surface area contributed by atoms with Crippen LogP contribution >= 0.6 is 11.6 Å². The van der Waals surface area contributed by atoms with E-state index < -0.39 is 0 Å². The summed E-state index contributed by atoms with van der Waals surface area (Å²) in [4.78, 5) is 0. The van der Waals surface area contributed by atoms with Gasteiger partial charge in [-0.25, -0.2) is 0 Å². The highest BCUT2D eigenvalue weighted by molar-refractivity contribution is 6.31. The summed E-state index contributed by atoms with van der Waals surface area (Å²) in [6, 6.07) is -0.101. The lowest BCUT2D eigenvalue weighted by atomic mass is 10.0. The number of aromatic nitrogens is 2. The Hall–Kier alpha value is -0.620. The van der Waals surface area contributed by atoms with Gasteiger partial charge in [-0.2, -0.15) is 5.10 Å². The maximum absolute atomic E-state index is 6.25. The van der Waals surface area contributed by atoms with Gasteiger partial charge in [0.1, 0.15) is 0 Å². The molecule has 0 radical (unpaired) electrons. The standard InChI is InChI=1S/C13H22ClN3O2/c1-18-8-6-17-13(11(14)9-16-17)12(15)5-4-10-3-2-7-19-10/h9-10,12H,2-8,15H2,1H3. The Kier molecular flexibility index (Phi) is 5.63. The lowest BCUT2D eigenvalue weighted by Crippen LogP contribution is -2.20. The van der Waals surface area contributed by atoms with E-state index in [-0.39, 0.29) is 6.04 Å². The van der Waals surface area contributed by atoms with Crippen molar-refractivity contribution in [3.63, 3.8) is 0 Å². The molecule has 0 aliphatic carbocycles. The van der Waals surface area contributed by atoms with Gasteiger partial charge in [0.25, 0.3) is 0 Å². The summed E-state index contributed by atoms with van der Waals surface area (Å²) in [5, 5.41) is 4.88. The predicted octanol–water partition coefficient (Wildman–Crippen LogP) is 2.14. The SMILES string of the molecule is COCCn1ncc(Cl)c1C(N)CCC1CCCO1. The van der Waals surface area contributed by atoms with Crippen molar-refractivity contribution < 1.29 is 9.47 Å². The van der Waals surface area contributed by atoms with Crippen LogP contribution in [0.2, 0.25) is 5.02 Å². The van der Waals surface area contributed by atoms with Crippen LogP contribution in [0.25, 0.3) is 0 Å². The molecule has 1 aliphatic rings. The van der Waals surface area contributed by atoms with Crippen LogP contribution in [-0.4, -0.2) is 36.2 Å². The first-order valence-electron chi connectivity index (χ1n) is 6.79. The molecule has 1 aromatic heterocycles. The first-order chi connectivity index (χ1) is 9.22. The normalized spacial score (nSPS) is 20.9. The van der Waals surface area contributed by atoms with E-state index in [1.807, 2.05) is 4.68 Å². The third-order valence-corrected chi connectivity index (χ3v) is 3.81. The Morgan fingerprint density at radius 2 is 2.53 bits per heavy atom. The summed E-state index contributed by atoms with van der Waals surface area (Å²) < 4.78 is 12.5. The van der Waals surface area contributed by atoms with Crippen molar-refractivity contribution in [3.8, 4) is 0 Å². The summed E-state index contributed by atoms with van der Waals surface area (Å²) in [5.74, 6) is 0. The second-order valence-corrected chi connectivity index (χ2v) is 5.32. The van der Waals surface area contributed by atoms with Gasteiger partial charge in [-0.3, -0.25) is 4.68 Å². The smallest absolute Gasteiger partial charge is 0.0834 e. The first kappa shape index (κ1) is 14.8. The number of hydrogen-bond donors (Lipinski definition) is 1. The summed E-state index contributed by atoms with van der Waals surface area (Å²) in [7, 11) is 1.67. The van der Waals surface area contributed by atoms with Crippen LogP contribution in [0, 0.1) is 0 Å². The van der Waals surface area contributed by atoms with E-state index in [2.05, 4.69) is 5.10 Å². The summed E-state index contributed by atoms with van der Waals surface area (Å²) >= 11 is 6.18. The molecule has 1 saturated heterocycles. The lowest BCUT2D eigenvalue weighted by Gasteiger charge is -2.17. The Bertz CT molecular complexity index is 391. The van der Waals surface area contributed by atoms with E-state index >= 15 is 0 Å². The molecular formula is C13H22ClN3O2. The molecule has 1 fully saturated rings. The van der Waals surface area contributed by atoms with Crippen LogP contribution in [-0.2, 0) is 16.0 Å². The number of nitrogens with zero attached hydrogens (tertiary/aromatic N) is 2. The van der Waals surface area contributed by atoms with E-state index in [0.717, 1.165) is 38.0 Å². The maximum atomic E-state index is 6.25. The number of methoxy groups -OCH3 is 1. The average molecular weight is 288 g/mol. The molecule has 5 nitrogen and oxygen atoms in total. The van der Waals surface area contributed by atoms with Gasteiger partial charge in [-0.1, -0.05) is 11.6 Å². The van der Waals surface area contributed by atoms with Gasteiger partial charge in [0.2, 0.25) is 0 Å². The van der Waals surface area contributed by atoms with Crippen molar-refractivity contribution in [2.24, 2.45) is 5.73 Å². The number of hydrogen-bond acceptors (Lipinski definition) is 4. The lowest BCUT2D eigenvalue weighted by molar-refractivity contribution is 0.100. The highest BCUT2D eigenvalue weighted by Crippen LogP contribution is 2.27. The van der Waals surface area contributed by atoms with E-state index in [9.17, 15) is 0 Å². The van der Waals surface area contributed by atoms with Gasteiger partial charge in [0.05, 0.1) is 36.2 Å². The number of halogens is 1. The third-order valence-electron chi connectivity index (χ3n) is 3.52. The van der Waals surface area contributed by atoms with Crippen LogP contribution in [0.15, 0.2) is 6.20 Å². The van der Waals surface area contributed by atoms with Gasteiger partial charge in [0.15, 0.2) is 0 Å². The van der Waals surface area contributed by atoms with Crippen molar-refractivity contribution in [2.75, 3.05) is 20.3 Å². The van der Waals surface area contributed by atoms with Crippen LogP contribution in [0.3, 0.4) is 0 Å². The molecule has 2 N–H and O–H groups in total. The van der Waals surface area contributed by atoms with Gasteiger partial charge in [0, 0.05) is 19.8 Å². The van der Waals surface area contributed by atoms with E-state index in [1.54, 1.807) is 13.3 Å². The molecule has 108 valence electrons. The van der Waals surface area contributed by atoms with Crippen molar-refractivity contribution in [1.82, 2.24) is 9.78 Å². The molecule has 1 aromatic rings. The quantitative estimate of drug-likeness (QED) is 0.835. The zero-order valence-corrected chi connectivity index (χ0v) is 12.1. The predicted molar refractivity (Wildman–Crippen MR) is 74.2 cm³/mol. The summed E-state index contributed by atoms with van der Waals surface area (Å²) in [5.41, 5.74) is 7.15. The minimum Gasteiger partial charge on any atom is -0.383 e. The monoisotopic (exact) mass is 287 g/mol. The number of nitrogens with two attached hydrogens (primary N) is 1. The van der Waals surface area contributed by atoms with Gasteiger partial charge in [-0.15, -0.1) is 0 Å². The van der Waals surface area contributed by atoms with Gasteiger partial charge < -0.3 is 15.2 Å². The Morgan fingerprint density at radius 3 is 3.21 bits per heavy atom. The summed E-state index contributed by atoms with van der Waals surface area (Å²) in [6.07, 6.45) is 6.16. The highest BCUT2D eigenvalue weighted by Gasteiger charge is 2.20. The molecule has 2 unspecified atom stereocenters. The second-order valence-electron chi connectivity index (χ2n) is 4.91. The molecule has 0 saturated carbocycles. The third kappa shape index (κ3) is 3.92. The minimum atomic E-state index is -0.101. The molecule has 2 atom stereocenters. The summed E-state index contributed by atoms with van der Waals surface area (Å²) in [6.45, 7) is 2.15.